The third-order valence-electron chi connectivity index (χ3n) is 7.32. The van der Waals surface area contributed by atoms with Gasteiger partial charge in [0.25, 0.3) is 0 Å². The Morgan fingerprint density at radius 3 is 1.16 bits per heavy atom. The number of hydrogen-bond donors (Lipinski definition) is 0. The lowest BCUT2D eigenvalue weighted by molar-refractivity contribution is 0.135. The molecule has 190 valence electrons. The van der Waals surface area contributed by atoms with Gasteiger partial charge in [0.2, 0.25) is 0 Å². The number of hydrogen-bond acceptors (Lipinski definition) is 2. The fraction of sp³-hybridized carbons (Fsp3) is 0.933. The second-order valence-electron chi connectivity index (χ2n) is 10.4. The van der Waals surface area contributed by atoms with Crippen molar-refractivity contribution in [3.8, 4) is 0 Å². The van der Waals surface area contributed by atoms with E-state index in [0.29, 0.717) is 6.17 Å². The van der Waals surface area contributed by atoms with Crippen LogP contribution in [-0.2, 0) is 0 Å². The number of rotatable bonds is 24. The molecule has 0 amide bonds. The second kappa shape index (κ2) is 22.1. The number of unbranched alkanes of at least 4 members (excludes halogenated alkanes) is 18. The standard InChI is InChI=1S/C30H60N2/c1-4-7-10-12-14-16-18-20-22-25-30-31(26-23-9-6-3)28-29-32(30)27-24-21-19-17-15-13-11-8-5-2/h28-30H,4-27H2,1-3H3. The Morgan fingerprint density at radius 2 is 0.719 bits per heavy atom. The third kappa shape index (κ3) is 15.2. The van der Waals surface area contributed by atoms with E-state index in [1.165, 1.54) is 154 Å². The van der Waals surface area contributed by atoms with Crippen molar-refractivity contribution in [2.75, 3.05) is 13.1 Å². The van der Waals surface area contributed by atoms with Crippen molar-refractivity contribution in [3.05, 3.63) is 12.4 Å². The van der Waals surface area contributed by atoms with E-state index >= 15 is 0 Å². The van der Waals surface area contributed by atoms with Crippen LogP contribution in [0.2, 0.25) is 0 Å². The maximum atomic E-state index is 2.68. The molecule has 0 aromatic rings. The Bertz CT molecular complexity index is 406. The summed E-state index contributed by atoms with van der Waals surface area (Å²) in [5, 5.41) is 0. The molecule has 0 aliphatic carbocycles. The summed E-state index contributed by atoms with van der Waals surface area (Å²) >= 11 is 0. The van der Waals surface area contributed by atoms with Crippen LogP contribution in [0.5, 0.6) is 0 Å². The van der Waals surface area contributed by atoms with Crippen molar-refractivity contribution >= 4 is 0 Å². The summed E-state index contributed by atoms with van der Waals surface area (Å²) in [6.07, 6.45) is 36.6. The normalized spacial score (nSPS) is 15.9. The molecule has 0 aromatic heterocycles. The minimum atomic E-state index is 0.644. The van der Waals surface area contributed by atoms with Crippen molar-refractivity contribution in [3.63, 3.8) is 0 Å². The first-order valence-electron chi connectivity index (χ1n) is 15.0. The van der Waals surface area contributed by atoms with Crippen LogP contribution in [0.25, 0.3) is 0 Å². The molecule has 0 aromatic carbocycles. The summed E-state index contributed by atoms with van der Waals surface area (Å²) < 4.78 is 0. The molecule has 2 heteroatoms. The summed E-state index contributed by atoms with van der Waals surface area (Å²) in [6, 6.07) is 0. The zero-order chi connectivity index (χ0) is 23.1. The molecule has 2 nitrogen and oxygen atoms in total. The molecule has 0 saturated carbocycles. The van der Waals surface area contributed by atoms with Gasteiger partial charge in [0.15, 0.2) is 0 Å². The predicted molar refractivity (Wildman–Crippen MR) is 145 cm³/mol. The number of nitrogens with zero attached hydrogens (tertiary/aromatic N) is 2. The average molecular weight is 449 g/mol. The van der Waals surface area contributed by atoms with E-state index in [9.17, 15) is 0 Å². The van der Waals surface area contributed by atoms with Crippen LogP contribution in [0, 0.1) is 0 Å². The summed E-state index contributed by atoms with van der Waals surface area (Å²) in [5.74, 6) is 0. The maximum absolute atomic E-state index is 2.68. The van der Waals surface area contributed by atoms with E-state index in [4.69, 9.17) is 0 Å². The van der Waals surface area contributed by atoms with E-state index < -0.39 is 0 Å². The zero-order valence-electron chi connectivity index (χ0n) is 22.6. The first kappa shape index (κ1) is 29.4. The van der Waals surface area contributed by atoms with Crippen LogP contribution in [0.3, 0.4) is 0 Å². The Balaban J connectivity index is 2.20. The largest absolute Gasteiger partial charge is 0.356 e. The molecular weight excluding hydrogens is 388 g/mol. The van der Waals surface area contributed by atoms with E-state index in [1.807, 2.05) is 0 Å². The summed E-state index contributed by atoms with van der Waals surface area (Å²) in [6.45, 7) is 9.44. The molecule has 0 radical (unpaired) electrons. The highest BCUT2D eigenvalue weighted by molar-refractivity contribution is 4.96. The van der Waals surface area contributed by atoms with Gasteiger partial charge in [0.1, 0.15) is 6.17 Å². The van der Waals surface area contributed by atoms with E-state index in [2.05, 4.69) is 43.0 Å². The Morgan fingerprint density at radius 1 is 0.406 bits per heavy atom. The van der Waals surface area contributed by atoms with E-state index in [1.54, 1.807) is 0 Å². The van der Waals surface area contributed by atoms with E-state index in [-0.39, 0.29) is 0 Å². The van der Waals surface area contributed by atoms with Crippen LogP contribution >= 0.6 is 0 Å². The Kier molecular flexibility index (Phi) is 20.3. The maximum Gasteiger partial charge on any atom is 0.101 e. The molecule has 32 heavy (non-hydrogen) atoms. The van der Waals surface area contributed by atoms with Gasteiger partial charge in [-0.05, 0) is 25.7 Å². The van der Waals surface area contributed by atoms with Gasteiger partial charge in [0, 0.05) is 25.5 Å². The van der Waals surface area contributed by atoms with Gasteiger partial charge >= 0.3 is 0 Å². The van der Waals surface area contributed by atoms with Crippen LogP contribution < -0.4 is 0 Å². The topological polar surface area (TPSA) is 6.48 Å². The molecule has 1 rings (SSSR count). The van der Waals surface area contributed by atoms with Gasteiger partial charge in [-0.3, -0.25) is 0 Å². The Hall–Kier alpha value is -0.660. The highest BCUT2D eigenvalue weighted by Gasteiger charge is 2.24. The first-order chi connectivity index (χ1) is 15.8. The highest BCUT2D eigenvalue weighted by Crippen LogP contribution is 2.23. The van der Waals surface area contributed by atoms with Gasteiger partial charge in [-0.2, -0.15) is 0 Å². The van der Waals surface area contributed by atoms with Crippen molar-refractivity contribution in [2.45, 2.75) is 168 Å². The molecule has 0 bridgehead atoms. The minimum absolute atomic E-state index is 0.644. The molecule has 0 fully saturated rings. The molecule has 1 aliphatic heterocycles. The lowest BCUT2D eigenvalue weighted by Gasteiger charge is -2.33. The van der Waals surface area contributed by atoms with Crippen LogP contribution in [0.15, 0.2) is 12.4 Å². The minimum Gasteiger partial charge on any atom is -0.356 e. The molecular formula is C30H60N2. The molecule has 1 aliphatic rings. The smallest absolute Gasteiger partial charge is 0.101 e. The Labute approximate surface area is 203 Å². The van der Waals surface area contributed by atoms with Crippen molar-refractivity contribution in [2.24, 2.45) is 0 Å². The quantitative estimate of drug-likeness (QED) is 0.135. The fourth-order valence-electron chi connectivity index (χ4n) is 5.13. The van der Waals surface area contributed by atoms with Gasteiger partial charge in [-0.1, -0.05) is 136 Å². The second-order valence-corrected chi connectivity index (χ2v) is 10.4. The molecule has 0 spiro atoms. The lowest BCUT2D eigenvalue weighted by Crippen LogP contribution is -2.39. The average Bonchev–Trinajstić information content (AvgIpc) is 3.18. The van der Waals surface area contributed by atoms with Crippen LogP contribution in [0.4, 0.5) is 0 Å². The van der Waals surface area contributed by atoms with Crippen LogP contribution in [0.1, 0.15) is 162 Å². The van der Waals surface area contributed by atoms with Crippen molar-refractivity contribution in [1.29, 1.82) is 0 Å². The molecule has 1 heterocycles. The molecule has 1 atom stereocenters. The molecule has 1 unspecified atom stereocenters. The SMILES string of the molecule is CCCCCCCCCCCC1N(CCCCC)C=CN1CCCCCCCCCCC. The van der Waals surface area contributed by atoms with Gasteiger partial charge in [0.05, 0.1) is 0 Å². The first-order valence-corrected chi connectivity index (χ1v) is 15.0. The summed E-state index contributed by atoms with van der Waals surface area (Å²) in [4.78, 5) is 5.34. The van der Waals surface area contributed by atoms with Crippen molar-refractivity contribution < 1.29 is 0 Å². The van der Waals surface area contributed by atoms with Gasteiger partial charge in [-0.25, -0.2) is 0 Å². The van der Waals surface area contributed by atoms with Gasteiger partial charge < -0.3 is 9.80 Å². The fourth-order valence-corrected chi connectivity index (χ4v) is 5.13. The molecule has 0 N–H and O–H groups in total. The lowest BCUT2D eigenvalue weighted by atomic mass is 10.1. The monoisotopic (exact) mass is 448 g/mol. The third-order valence-corrected chi connectivity index (χ3v) is 7.32. The predicted octanol–water partition coefficient (Wildman–Crippen LogP) is 10.0. The van der Waals surface area contributed by atoms with Crippen molar-refractivity contribution in [1.82, 2.24) is 9.80 Å². The van der Waals surface area contributed by atoms with Gasteiger partial charge in [-0.15, -0.1) is 0 Å². The van der Waals surface area contributed by atoms with Crippen LogP contribution in [-0.4, -0.2) is 29.1 Å². The molecule has 0 saturated heterocycles. The summed E-state index contributed by atoms with van der Waals surface area (Å²) in [5.41, 5.74) is 0. The van der Waals surface area contributed by atoms with E-state index in [0.717, 1.165) is 0 Å². The summed E-state index contributed by atoms with van der Waals surface area (Å²) in [7, 11) is 0. The highest BCUT2D eigenvalue weighted by atomic mass is 15.4. The zero-order valence-corrected chi connectivity index (χ0v) is 22.6.